The molecule has 1 aromatic carbocycles. The van der Waals surface area contributed by atoms with Crippen LogP contribution in [0.1, 0.15) is 46.9 Å². The highest BCUT2D eigenvalue weighted by Crippen LogP contribution is 2.33. The van der Waals surface area contributed by atoms with Crippen molar-refractivity contribution in [3.63, 3.8) is 0 Å². The van der Waals surface area contributed by atoms with E-state index in [0.717, 1.165) is 5.56 Å². The van der Waals surface area contributed by atoms with E-state index in [-0.39, 0.29) is 11.8 Å². The number of likely N-dealkylation sites (tertiary alicyclic amines) is 1. The summed E-state index contributed by atoms with van der Waals surface area (Å²) < 4.78 is 11.3. The van der Waals surface area contributed by atoms with Crippen LogP contribution in [0.4, 0.5) is 0 Å². The number of rotatable bonds is 3. The van der Waals surface area contributed by atoms with Crippen molar-refractivity contribution in [3.05, 3.63) is 47.1 Å². The van der Waals surface area contributed by atoms with Crippen LogP contribution in [0.15, 0.2) is 28.8 Å². The lowest BCUT2D eigenvalue weighted by Gasteiger charge is -2.40. The van der Waals surface area contributed by atoms with Gasteiger partial charge in [-0.05, 0) is 38.8 Å². The van der Waals surface area contributed by atoms with E-state index in [1.165, 1.54) is 0 Å². The summed E-state index contributed by atoms with van der Waals surface area (Å²) in [5, 5.41) is 3.78. The smallest absolute Gasteiger partial charge is 0.253 e. The van der Waals surface area contributed by atoms with Gasteiger partial charge in [0.2, 0.25) is 11.8 Å². The van der Waals surface area contributed by atoms with Crippen LogP contribution in [0.25, 0.3) is 0 Å². The SMILES string of the molecule is Cc1ccc(C(=O)N2CCC3(CC2)CC(=O)N(Cc2nc(C)no2)CCO3)cc1. The largest absolute Gasteiger partial charge is 0.372 e. The van der Waals surface area contributed by atoms with Crippen molar-refractivity contribution in [2.24, 2.45) is 0 Å². The minimum atomic E-state index is -0.499. The summed E-state index contributed by atoms with van der Waals surface area (Å²) in [7, 11) is 0. The van der Waals surface area contributed by atoms with E-state index < -0.39 is 5.60 Å². The van der Waals surface area contributed by atoms with Gasteiger partial charge in [-0.3, -0.25) is 9.59 Å². The molecule has 3 heterocycles. The number of hydrogen-bond donors (Lipinski definition) is 0. The molecule has 0 unspecified atom stereocenters. The van der Waals surface area contributed by atoms with Crippen LogP contribution in [-0.4, -0.2) is 63.6 Å². The van der Waals surface area contributed by atoms with Crippen LogP contribution in [-0.2, 0) is 16.1 Å². The summed E-state index contributed by atoms with van der Waals surface area (Å²) >= 11 is 0. The Bertz CT molecular complexity index is 884. The molecule has 1 spiro atoms. The van der Waals surface area contributed by atoms with E-state index in [1.807, 2.05) is 36.1 Å². The highest BCUT2D eigenvalue weighted by Gasteiger charge is 2.41. The van der Waals surface area contributed by atoms with Crippen molar-refractivity contribution in [1.82, 2.24) is 19.9 Å². The summed E-state index contributed by atoms with van der Waals surface area (Å²) in [6.07, 6.45) is 1.63. The molecule has 2 aliphatic heterocycles. The van der Waals surface area contributed by atoms with Crippen molar-refractivity contribution in [2.45, 2.75) is 45.3 Å². The highest BCUT2D eigenvalue weighted by molar-refractivity contribution is 5.94. The van der Waals surface area contributed by atoms with Gasteiger partial charge in [0.25, 0.3) is 5.91 Å². The predicted octanol–water partition coefficient (Wildman–Crippen LogP) is 2.11. The molecule has 2 aliphatic rings. The third-order valence-corrected chi connectivity index (χ3v) is 5.75. The molecular weight excluding hydrogens is 372 g/mol. The molecule has 8 nitrogen and oxygen atoms in total. The Morgan fingerprint density at radius 2 is 1.86 bits per heavy atom. The van der Waals surface area contributed by atoms with E-state index in [0.29, 0.717) is 69.3 Å². The fraction of sp³-hybridized carbons (Fsp3) is 0.524. The van der Waals surface area contributed by atoms with Crippen molar-refractivity contribution in [1.29, 1.82) is 0 Å². The average molecular weight is 398 g/mol. The zero-order valence-electron chi connectivity index (χ0n) is 16.9. The first-order valence-corrected chi connectivity index (χ1v) is 10.0. The summed E-state index contributed by atoms with van der Waals surface area (Å²) in [6, 6.07) is 7.63. The van der Waals surface area contributed by atoms with Crippen LogP contribution in [0.2, 0.25) is 0 Å². The molecule has 0 radical (unpaired) electrons. The van der Waals surface area contributed by atoms with Gasteiger partial charge >= 0.3 is 0 Å². The van der Waals surface area contributed by atoms with Gasteiger partial charge in [-0.1, -0.05) is 22.9 Å². The molecule has 29 heavy (non-hydrogen) atoms. The van der Waals surface area contributed by atoms with Gasteiger partial charge in [-0.25, -0.2) is 0 Å². The molecule has 0 N–H and O–H groups in total. The van der Waals surface area contributed by atoms with Crippen LogP contribution in [0.5, 0.6) is 0 Å². The average Bonchev–Trinajstić information content (AvgIpc) is 3.06. The molecule has 0 aliphatic carbocycles. The second-order valence-electron chi connectivity index (χ2n) is 7.92. The fourth-order valence-corrected chi connectivity index (χ4v) is 3.99. The summed E-state index contributed by atoms with van der Waals surface area (Å²) in [5.41, 5.74) is 1.33. The van der Waals surface area contributed by atoms with Crippen molar-refractivity contribution in [2.75, 3.05) is 26.2 Å². The fourth-order valence-electron chi connectivity index (χ4n) is 3.99. The minimum absolute atomic E-state index is 0.0247. The van der Waals surface area contributed by atoms with Gasteiger partial charge in [0, 0.05) is 25.2 Å². The lowest BCUT2D eigenvalue weighted by Crippen LogP contribution is -2.49. The monoisotopic (exact) mass is 398 g/mol. The van der Waals surface area contributed by atoms with Crippen LogP contribution < -0.4 is 0 Å². The number of benzene rings is 1. The molecule has 8 heteroatoms. The standard InChI is InChI=1S/C21H26N4O4/c1-15-3-5-17(6-4-15)20(27)24-9-7-21(8-10-24)13-19(26)25(11-12-28-21)14-18-22-16(2)23-29-18/h3-6H,7-14H2,1-2H3. The number of carbonyl (C=O) groups is 2. The lowest BCUT2D eigenvalue weighted by atomic mass is 9.87. The Morgan fingerprint density at radius 1 is 1.14 bits per heavy atom. The van der Waals surface area contributed by atoms with Gasteiger partial charge in [-0.2, -0.15) is 4.98 Å². The van der Waals surface area contributed by atoms with E-state index in [9.17, 15) is 9.59 Å². The maximum atomic E-state index is 12.8. The second kappa shape index (κ2) is 7.94. The Morgan fingerprint density at radius 3 is 2.52 bits per heavy atom. The van der Waals surface area contributed by atoms with Crippen molar-refractivity contribution in [3.8, 4) is 0 Å². The quantitative estimate of drug-likeness (QED) is 0.787. The molecule has 0 bridgehead atoms. The lowest BCUT2D eigenvalue weighted by molar-refractivity contribution is -0.135. The summed E-state index contributed by atoms with van der Waals surface area (Å²) in [4.78, 5) is 33.4. The number of hydrogen-bond acceptors (Lipinski definition) is 6. The van der Waals surface area contributed by atoms with E-state index in [1.54, 1.807) is 11.8 Å². The first-order valence-electron chi connectivity index (χ1n) is 10.0. The highest BCUT2D eigenvalue weighted by atomic mass is 16.5. The molecule has 154 valence electrons. The molecule has 4 rings (SSSR count). The maximum Gasteiger partial charge on any atom is 0.253 e. The molecule has 2 saturated heterocycles. The molecule has 2 amide bonds. The first-order chi connectivity index (χ1) is 13.9. The summed E-state index contributed by atoms with van der Waals surface area (Å²) in [6.45, 7) is 6.19. The van der Waals surface area contributed by atoms with Crippen LogP contribution in [0.3, 0.4) is 0 Å². The van der Waals surface area contributed by atoms with Crippen molar-refractivity contribution >= 4 is 11.8 Å². The van der Waals surface area contributed by atoms with Gasteiger partial charge in [0.15, 0.2) is 5.82 Å². The third-order valence-electron chi connectivity index (χ3n) is 5.75. The topological polar surface area (TPSA) is 88.8 Å². The Balaban J connectivity index is 1.37. The predicted molar refractivity (Wildman–Crippen MR) is 104 cm³/mol. The van der Waals surface area contributed by atoms with E-state index >= 15 is 0 Å². The number of aryl methyl sites for hydroxylation is 2. The van der Waals surface area contributed by atoms with Gasteiger partial charge < -0.3 is 19.1 Å². The number of carbonyl (C=O) groups excluding carboxylic acids is 2. The normalized spacial score (nSPS) is 19.4. The third kappa shape index (κ3) is 4.32. The molecule has 1 aromatic heterocycles. The maximum absolute atomic E-state index is 12.8. The number of nitrogens with zero attached hydrogens (tertiary/aromatic N) is 4. The number of aromatic nitrogens is 2. The molecule has 2 fully saturated rings. The molecule has 2 aromatic rings. The Kier molecular flexibility index (Phi) is 5.36. The van der Waals surface area contributed by atoms with Gasteiger partial charge in [0.05, 0.1) is 18.6 Å². The molecular formula is C21H26N4O4. The zero-order valence-corrected chi connectivity index (χ0v) is 16.9. The molecule has 0 saturated carbocycles. The zero-order chi connectivity index (χ0) is 20.4. The van der Waals surface area contributed by atoms with Gasteiger partial charge in [-0.15, -0.1) is 0 Å². The second-order valence-corrected chi connectivity index (χ2v) is 7.92. The Hall–Kier alpha value is -2.74. The number of piperidine rings is 1. The van der Waals surface area contributed by atoms with Gasteiger partial charge in [0.1, 0.15) is 6.54 Å². The number of ether oxygens (including phenoxy) is 1. The molecule has 0 atom stereocenters. The number of amides is 2. The van der Waals surface area contributed by atoms with E-state index in [4.69, 9.17) is 9.26 Å². The Labute approximate surface area is 169 Å². The van der Waals surface area contributed by atoms with E-state index in [2.05, 4.69) is 10.1 Å². The van der Waals surface area contributed by atoms with Crippen LogP contribution in [0, 0.1) is 13.8 Å². The summed E-state index contributed by atoms with van der Waals surface area (Å²) in [5.74, 6) is 1.05. The van der Waals surface area contributed by atoms with Crippen LogP contribution >= 0.6 is 0 Å². The first kappa shape index (κ1) is 19.6. The minimum Gasteiger partial charge on any atom is -0.372 e. The van der Waals surface area contributed by atoms with Crippen molar-refractivity contribution < 1.29 is 18.8 Å².